The summed E-state index contributed by atoms with van der Waals surface area (Å²) >= 11 is 0. The zero-order chi connectivity index (χ0) is 18.1. The third kappa shape index (κ3) is 3.84. The van der Waals surface area contributed by atoms with Gasteiger partial charge < -0.3 is 10.2 Å². The second-order valence-corrected chi connectivity index (χ2v) is 9.03. The van der Waals surface area contributed by atoms with Gasteiger partial charge >= 0.3 is 0 Å². The second kappa shape index (κ2) is 6.89. The van der Waals surface area contributed by atoms with Gasteiger partial charge in [0.1, 0.15) is 6.04 Å². The molecular weight excluding hydrogens is 300 g/mol. The van der Waals surface area contributed by atoms with Crippen molar-refractivity contribution in [2.24, 2.45) is 11.3 Å². The summed E-state index contributed by atoms with van der Waals surface area (Å²) in [5.41, 5.74) is 0.515. The van der Waals surface area contributed by atoms with Gasteiger partial charge in [-0.1, -0.05) is 33.8 Å². The number of carbonyl (C=O) groups excluding carboxylic acids is 2. The first-order chi connectivity index (χ1) is 11.1. The maximum Gasteiger partial charge on any atom is 0.247 e. The van der Waals surface area contributed by atoms with Crippen LogP contribution < -0.4 is 5.32 Å². The van der Waals surface area contributed by atoms with Crippen LogP contribution in [-0.4, -0.2) is 28.3 Å². The number of amides is 2. The van der Waals surface area contributed by atoms with Crippen molar-refractivity contribution in [3.8, 4) is 0 Å². The van der Waals surface area contributed by atoms with Crippen LogP contribution in [0.15, 0.2) is 11.8 Å². The average molecular weight is 335 g/mol. The summed E-state index contributed by atoms with van der Waals surface area (Å²) in [6, 6.07) is -0.418. The lowest BCUT2D eigenvalue weighted by Crippen LogP contribution is -2.66. The molecule has 0 bridgehead atoms. The van der Waals surface area contributed by atoms with Crippen molar-refractivity contribution < 1.29 is 9.59 Å². The van der Waals surface area contributed by atoms with E-state index in [1.165, 1.54) is 6.42 Å². The van der Waals surface area contributed by atoms with E-state index in [1.807, 2.05) is 18.7 Å². The third-order valence-electron chi connectivity index (χ3n) is 5.59. The Labute approximate surface area is 147 Å². The largest absolute Gasteiger partial charge is 0.328 e. The Kier molecular flexibility index (Phi) is 5.46. The molecule has 0 saturated carbocycles. The van der Waals surface area contributed by atoms with Crippen molar-refractivity contribution in [3.63, 3.8) is 0 Å². The molecule has 2 amide bonds. The highest BCUT2D eigenvalue weighted by Gasteiger charge is 2.51. The Balaban J connectivity index is 2.33. The fourth-order valence-electron chi connectivity index (χ4n) is 3.94. The summed E-state index contributed by atoms with van der Waals surface area (Å²) in [6.45, 7) is 12.2. The van der Waals surface area contributed by atoms with Crippen LogP contribution >= 0.6 is 0 Å². The SMILES string of the molecule is CC(C)C(=O)N1[C@@H](C(=O)NC2=CCCCC2)C(C)(C)CCC1(C)C. The molecule has 0 radical (unpaired) electrons. The zero-order valence-corrected chi connectivity index (χ0v) is 16.2. The van der Waals surface area contributed by atoms with E-state index in [4.69, 9.17) is 0 Å². The zero-order valence-electron chi connectivity index (χ0n) is 16.2. The van der Waals surface area contributed by atoms with Crippen LogP contribution in [0.25, 0.3) is 0 Å². The lowest BCUT2D eigenvalue weighted by molar-refractivity contribution is -0.161. The highest BCUT2D eigenvalue weighted by Crippen LogP contribution is 2.43. The van der Waals surface area contributed by atoms with Gasteiger partial charge in [-0.15, -0.1) is 0 Å². The van der Waals surface area contributed by atoms with Gasteiger partial charge in [0.2, 0.25) is 11.8 Å². The van der Waals surface area contributed by atoms with Gasteiger partial charge in [0.25, 0.3) is 0 Å². The minimum atomic E-state index is -0.418. The lowest BCUT2D eigenvalue weighted by atomic mass is 9.69. The van der Waals surface area contributed by atoms with Crippen LogP contribution in [-0.2, 0) is 9.59 Å². The molecule has 2 aliphatic rings. The molecule has 1 N–H and O–H groups in total. The van der Waals surface area contributed by atoms with Crippen LogP contribution in [0.3, 0.4) is 0 Å². The van der Waals surface area contributed by atoms with Crippen LogP contribution in [0.2, 0.25) is 0 Å². The first kappa shape index (κ1) is 19.0. The molecule has 1 heterocycles. The minimum absolute atomic E-state index is 0.0186. The van der Waals surface area contributed by atoms with E-state index < -0.39 is 6.04 Å². The first-order valence-electron chi connectivity index (χ1n) is 9.39. The molecule has 1 aliphatic carbocycles. The summed E-state index contributed by atoms with van der Waals surface area (Å²) in [5.74, 6) is -0.0529. The predicted octanol–water partition coefficient (Wildman–Crippen LogP) is 4.01. The summed E-state index contributed by atoms with van der Waals surface area (Å²) in [7, 11) is 0. The van der Waals surface area contributed by atoms with Crippen LogP contribution in [0, 0.1) is 11.3 Å². The van der Waals surface area contributed by atoms with Crippen LogP contribution in [0.4, 0.5) is 0 Å². The number of allylic oxidation sites excluding steroid dienone is 2. The number of nitrogens with zero attached hydrogens (tertiary/aromatic N) is 1. The van der Waals surface area contributed by atoms with Gasteiger partial charge in [-0.2, -0.15) is 0 Å². The summed E-state index contributed by atoms with van der Waals surface area (Å²) in [5, 5.41) is 3.13. The molecular formula is C20H34N2O2. The van der Waals surface area contributed by atoms with Crippen LogP contribution in [0.5, 0.6) is 0 Å². The monoisotopic (exact) mass is 334 g/mol. The van der Waals surface area contributed by atoms with Gasteiger partial charge in [-0.3, -0.25) is 9.59 Å². The predicted molar refractivity (Wildman–Crippen MR) is 97.3 cm³/mol. The molecule has 24 heavy (non-hydrogen) atoms. The standard InChI is InChI=1S/C20H34N2O2/c1-14(2)18(24)22-16(19(3,4)12-13-20(22,5)6)17(23)21-15-10-8-7-9-11-15/h10,14,16H,7-9,11-13H2,1-6H3,(H,21,23)/t16-/m0/s1. The van der Waals surface area contributed by atoms with E-state index in [9.17, 15) is 9.59 Å². The Morgan fingerprint density at radius 2 is 1.83 bits per heavy atom. The molecule has 1 aliphatic heterocycles. The molecule has 0 aromatic rings. The Morgan fingerprint density at radius 1 is 1.17 bits per heavy atom. The number of hydrogen-bond donors (Lipinski definition) is 1. The number of carbonyl (C=O) groups is 2. The highest BCUT2D eigenvalue weighted by atomic mass is 16.2. The van der Waals surface area contributed by atoms with Crippen molar-refractivity contribution >= 4 is 11.8 Å². The van der Waals surface area contributed by atoms with E-state index in [-0.39, 0.29) is 28.7 Å². The number of likely N-dealkylation sites (tertiary alicyclic amines) is 1. The molecule has 0 aromatic carbocycles. The fourth-order valence-corrected chi connectivity index (χ4v) is 3.94. The van der Waals surface area contributed by atoms with Crippen LogP contribution in [0.1, 0.15) is 80.1 Å². The number of nitrogens with one attached hydrogen (secondary N) is 1. The van der Waals surface area contributed by atoms with E-state index >= 15 is 0 Å². The summed E-state index contributed by atoms with van der Waals surface area (Å²) in [4.78, 5) is 28.0. The van der Waals surface area contributed by atoms with E-state index in [0.717, 1.165) is 37.8 Å². The van der Waals surface area contributed by atoms with Gasteiger partial charge in [-0.05, 0) is 57.8 Å². The topological polar surface area (TPSA) is 49.4 Å². The summed E-state index contributed by atoms with van der Waals surface area (Å²) in [6.07, 6.45) is 8.28. The first-order valence-corrected chi connectivity index (χ1v) is 9.39. The third-order valence-corrected chi connectivity index (χ3v) is 5.59. The molecule has 1 atom stereocenters. The van der Waals surface area contributed by atoms with Gasteiger partial charge in [0.15, 0.2) is 0 Å². The van der Waals surface area contributed by atoms with E-state index in [0.29, 0.717) is 0 Å². The van der Waals surface area contributed by atoms with Gasteiger partial charge in [-0.25, -0.2) is 0 Å². The van der Waals surface area contributed by atoms with Gasteiger partial charge in [0, 0.05) is 17.2 Å². The molecule has 0 aromatic heterocycles. The molecule has 0 unspecified atom stereocenters. The Bertz CT molecular complexity index is 532. The van der Waals surface area contributed by atoms with Crippen molar-refractivity contribution in [1.29, 1.82) is 0 Å². The van der Waals surface area contributed by atoms with Crippen molar-refractivity contribution in [2.75, 3.05) is 0 Å². The number of hydrogen-bond acceptors (Lipinski definition) is 2. The number of rotatable bonds is 3. The maximum atomic E-state index is 13.2. The Morgan fingerprint density at radius 3 is 2.38 bits per heavy atom. The molecule has 4 nitrogen and oxygen atoms in total. The second-order valence-electron chi connectivity index (χ2n) is 9.03. The summed E-state index contributed by atoms with van der Waals surface area (Å²) < 4.78 is 0. The van der Waals surface area contributed by atoms with E-state index in [1.54, 1.807) is 0 Å². The van der Waals surface area contributed by atoms with Gasteiger partial charge in [0.05, 0.1) is 0 Å². The van der Waals surface area contributed by atoms with E-state index in [2.05, 4.69) is 39.1 Å². The molecule has 0 spiro atoms. The minimum Gasteiger partial charge on any atom is -0.328 e. The highest BCUT2D eigenvalue weighted by molar-refractivity contribution is 5.90. The average Bonchev–Trinajstić information content (AvgIpc) is 2.49. The normalized spacial score (nSPS) is 26.0. The fraction of sp³-hybridized carbons (Fsp3) is 0.800. The number of piperidine rings is 1. The molecule has 136 valence electrons. The molecule has 1 fully saturated rings. The molecule has 4 heteroatoms. The maximum absolute atomic E-state index is 13.2. The molecule has 1 saturated heterocycles. The van der Waals surface area contributed by atoms with Crippen molar-refractivity contribution in [2.45, 2.75) is 91.6 Å². The quantitative estimate of drug-likeness (QED) is 0.847. The van der Waals surface area contributed by atoms with Crippen molar-refractivity contribution in [1.82, 2.24) is 10.2 Å². The van der Waals surface area contributed by atoms with Crippen molar-refractivity contribution in [3.05, 3.63) is 11.8 Å². The smallest absolute Gasteiger partial charge is 0.247 e. The molecule has 2 rings (SSSR count). The lowest BCUT2D eigenvalue weighted by Gasteiger charge is -2.54. The Hall–Kier alpha value is -1.32.